The van der Waals surface area contributed by atoms with Gasteiger partial charge in [-0.1, -0.05) is 0 Å². The van der Waals surface area contributed by atoms with Gasteiger partial charge in [0.25, 0.3) is 0 Å². The molecule has 0 aromatic carbocycles. The van der Waals surface area contributed by atoms with Crippen LogP contribution in [0.5, 0.6) is 0 Å². The zero-order valence-corrected chi connectivity index (χ0v) is 7.19. The van der Waals surface area contributed by atoms with Crippen LogP contribution >= 0.6 is 0 Å². The first-order chi connectivity index (χ1) is 6.06. The highest BCUT2D eigenvalue weighted by Gasteiger charge is 2.09. The van der Waals surface area contributed by atoms with Crippen LogP contribution in [0, 0.1) is 11.3 Å². The third-order valence-corrected chi connectivity index (χ3v) is 1.30. The Hall–Kier alpha value is -1.61. The van der Waals surface area contributed by atoms with E-state index in [9.17, 15) is 9.59 Å². The molecule has 6 heteroatoms. The summed E-state index contributed by atoms with van der Waals surface area (Å²) in [4.78, 5) is 22.4. The lowest BCUT2D eigenvalue weighted by atomic mass is 10.3. The average Bonchev–Trinajstić information content (AvgIpc) is 1.98. The molecule has 0 unspecified atom stereocenters. The zero-order valence-electron chi connectivity index (χ0n) is 7.19. The first kappa shape index (κ1) is 11.4. The minimum absolute atomic E-state index is 0.0510. The van der Waals surface area contributed by atoms with E-state index in [0.717, 1.165) is 0 Å². The Morgan fingerprint density at radius 1 is 1.23 bits per heavy atom. The van der Waals surface area contributed by atoms with E-state index >= 15 is 0 Å². The number of hydrogen-bond acceptors (Lipinski definition) is 4. The van der Waals surface area contributed by atoms with Crippen LogP contribution in [-0.4, -0.2) is 36.3 Å². The van der Waals surface area contributed by atoms with Gasteiger partial charge in [-0.2, -0.15) is 5.26 Å². The zero-order chi connectivity index (χ0) is 10.3. The topological polar surface area (TPSA) is 113 Å². The number of nitrogens with zero attached hydrogens (tertiary/aromatic N) is 2. The van der Waals surface area contributed by atoms with Crippen molar-refractivity contribution in [1.82, 2.24) is 4.90 Å². The van der Waals surface area contributed by atoms with Crippen LogP contribution in [0.4, 0.5) is 0 Å². The number of nitriles is 1. The molecular formula is C7H12N4O2. The molecule has 0 fully saturated rings. The van der Waals surface area contributed by atoms with Gasteiger partial charge < -0.3 is 11.5 Å². The van der Waals surface area contributed by atoms with E-state index in [-0.39, 0.29) is 19.5 Å². The maximum Gasteiger partial charge on any atom is 0.231 e. The lowest BCUT2D eigenvalue weighted by Crippen LogP contribution is -2.40. The molecule has 0 aromatic rings. The first-order valence-corrected chi connectivity index (χ1v) is 3.72. The van der Waals surface area contributed by atoms with Gasteiger partial charge in [0.05, 0.1) is 19.2 Å². The second kappa shape index (κ2) is 5.97. The number of carbonyl (C=O) groups is 2. The van der Waals surface area contributed by atoms with Crippen LogP contribution in [-0.2, 0) is 9.59 Å². The quantitative estimate of drug-likeness (QED) is 0.505. The lowest BCUT2D eigenvalue weighted by Gasteiger charge is -2.16. The monoisotopic (exact) mass is 184 g/mol. The standard InChI is InChI=1S/C7H12N4O2/c8-2-1-3-11(4-6(9)12)5-7(10)13/h1,3-5H2,(H2,9,12)(H2,10,13). The molecule has 0 heterocycles. The predicted octanol–water partition coefficient (Wildman–Crippen LogP) is -1.83. The van der Waals surface area contributed by atoms with Gasteiger partial charge in [0.2, 0.25) is 11.8 Å². The van der Waals surface area contributed by atoms with E-state index in [1.54, 1.807) is 0 Å². The van der Waals surface area contributed by atoms with E-state index in [1.165, 1.54) is 4.90 Å². The summed E-state index contributed by atoms with van der Waals surface area (Å²) in [6.45, 7) is 0.220. The summed E-state index contributed by atoms with van der Waals surface area (Å²) in [5.74, 6) is -1.08. The Labute approximate surface area is 76.1 Å². The number of amides is 2. The number of nitrogens with two attached hydrogens (primary N) is 2. The van der Waals surface area contributed by atoms with Crippen LogP contribution in [0.3, 0.4) is 0 Å². The second-order valence-electron chi connectivity index (χ2n) is 2.55. The molecule has 0 rings (SSSR count). The summed E-state index contributed by atoms with van der Waals surface area (Å²) in [6, 6.07) is 1.90. The molecule has 72 valence electrons. The van der Waals surface area contributed by atoms with Crippen molar-refractivity contribution >= 4 is 11.8 Å². The fraction of sp³-hybridized carbons (Fsp3) is 0.571. The van der Waals surface area contributed by atoms with Crippen LogP contribution in [0.2, 0.25) is 0 Å². The van der Waals surface area contributed by atoms with Crippen molar-refractivity contribution in [2.45, 2.75) is 6.42 Å². The van der Waals surface area contributed by atoms with Crippen molar-refractivity contribution in [3.63, 3.8) is 0 Å². The summed E-state index contributed by atoms with van der Waals surface area (Å²) in [6.07, 6.45) is 0.237. The van der Waals surface area contributed by atoms with Gasteiger partial charge in [0, 0.05) is 13.0 Å². The van der Waals surface area contributed by atoms with Gasteiger partial charge in [-0.15, -0.1) is 0 Å². The van der Waals surface area contributed by atoms with E-state index in [0.29, 0.717) is 6.54 Å². The molecule has 2 amide bonds. The number of carbonyl (C=O) groups excluding carboxylic acids is 2. The molecule has 0 aromatic heterocycles. The van der Waals surface area contributed by atoms with E-state index < -0.39 is 11.8 Å². The fourth-order valence-corrected chi connectivity index (χ4v) is 0.863. The number of primary amides is 2. The molecule has 0 aliphatic heterocycles. The number of hydrogen-bond donors (Lipinski definition) is 2. The van der Waals surface area contributed by atoms with Crippen molar-refractivity contribution < 1.29 is 9.59 Å². The highest BCUT2D eigenvalue weighted by Crippen LogP contribution is 1.89. The van der Waals surface area contributed by atoms with E-state index in [4.69, 9.17) is 16.7 Å². The van der Waals surface area contributed by atoms with Crippen molar-refractivity contribution in [2.24, 2.45) is 11.5 Å². The van der Waals surface area contributed by atoms with Crippen LogP contribution < -0.4 is 11.5 Å². The van der Waals surface area contributed by atoms with Crippen molar-refractivity contribution in [1.29, 1.82) is 5.26 Å². The minimum Gasteiger partial charge on any atom is -0.369 e. The minimum atomic E-state index is -0.542. The van der Waals surface area contributed by atoms with Gasteiger partial charge in [0.15, 0.2) is 0 Å². The Morgan fingerprint density at radius 3 is 2.00 bits per heavy atom. The summed E-state index contributed by atoms with van der Waals surface area (Å²) in [5, 5.41) is 8.27. The lowest BCUT2D eigenvalue weighted by molar-refractivity contribution is -0.121. The first-order valence-electron chi connectivity index (χ1n) is 3.72. The molecule has 0 radical (unpaired) electrons. The molecule has 4 N–H and O–H groups in total. The van der Waals surface area contributed by atoms with E-state index in [2.05, 4.69) is 0 Å². The Kier molecular flexibility index (Phi) is 5.23. The predicted molar refractivity (Wildman–Crippen MR) is 45.1 cm³/mol. The summed E-state index contributed by atoms with van der Waals surface area (Å²) in [7, 11) is 0. The third kappa shape index (κ3) is 6.77. The molecule has 0 spiro atoms. The molecule has 0 atom stereocenters. The molecule has 13 heavy (non-hydrogen) atoms. The average molecular weight is 184 g/mol. The van der Waals surface area contributed by atoms with Crippen molar-refractivity contribution in [2.75, 3.05) is 19.6 Å². The second-order valence-corrected chi connectivity index (χ2v) is 2.55. The van der Waals surface area contributed by atoms with Gasteiger partial charge in [0.1, 0.15) is 0 Å². The SMILES string of the molecule is N#CCCN(CC(N)=O)CC(N)=O. The highest BCUT2D eigenvalue weighted by molar-refractivity contribution is 5.79. The van der Waals surface area contributed by atoms with E-state index in [1.807, 2.05) is 6.07 Å². The van der Waals surface area contributed by atoms with Gasteiger partial charge in [-0.05, 0) is 0 Å². The Balaban J connectivity index is 3.96. The molecule has 0 saturated carbocycles. The normalized spacial score (nSPS) is 9.54. The third-order valence-electron chi connectivity index (χ3n) is 1.30. The van der Waals surface area contributed by atoms with Gasteiger partial charge in [-0.3, -0.25) is 14.5 Å². The van der Waals surface area contributed by atoms with Crippen LogP contribution in [0.1, 0.15) is 6.42 Å². The molecule has 6 nitrogen and oxygen atoms in total. The summed E-state index contributed by atoms with van der Waals surface area (Å²) >= 11 is 0. The summed E-state index contributed by atoms with van der Waals surface area (Å²) < 4.78 is 0. The number of rotatable bonds is 6. The van der Waals surface area contributed by atoms with Crippen LogP contribution in [0.15, 0.2) is 0 Å². The molecule has 0 bridgehead atoms. The van der Waals surface area contributed by atoms with Gasteiger partial charge >= 0.3 is 0 Å². The fourth-order valence-electron chi connectivity index (χ4n) is 0.863. The summed E-state index contributed by atoms with van der Waals surface area (Å²) in [5.41, 5.74) is 9.85. The highest BCUT2D eigenvalue weighted by atomic mass is 16.2. The Morgan fingerprint density at radius 2 is 1.69 bits per heavy atom. The van der Waals surface area contributed by atoms with Crippen LogP contribution in [0.25, 0.3) is 0 Å². The molecule has 0 saturated heterocycles. The smallest absolute Gasteiger partial charge is 0.231 e. The van der Waals surface area contributed by atoms with Gasteiger partial charge in [-0.25, -0.2) is 0 Å². The maximum atomic E-state index is 10.5. The molecule has 0 aliphatic carbocycles. The Bertz CT molecular complexity index is 217. The largest absolute Gasteiger partial charge is 0.369 e. The van der Waals surface area contributed by atoms with Crippen molar-refractivity contribution in [3.05, 3.63) is 0 Å². The van der Waals surface area contributed by atoms with Crippen molar-refractivity contribution in [3.8, 4) is 6.07 Å². The molecule has 0 aliphatic rings. The molecular weight excluding hydrogens is 172 g/mol. The maximum absolute atomic E-state index is 10.5.